The first-order valence-electron chi connectivity index (χ1n) is 7.25. The molecule has 0 aliphatic carbocycles. The van der Waals surface area contributed by atoms with Crippen LogP contribution in [0.15, 0.2) is 24.3 Å². The molecule has 106 valence electrons. The first-order valence-corrected chi connectivity index (χ1v) is 7.25. The van der Waals surface area contributed by atoms with Gasteiger partial charge in [-0.25, -0.2) is 0 Å². The Morgan fingerprint density at radius 1 is 1.42 bits per heavy atom. The summed E-state index contributed by atoms with van der Waals surface area (Å²) in [6.45, 7) is 6.72. The van der Waals surface area contributed by atoms with Gasteiger partial charge < -0.3 is 10.5 Å². The number of methoxy groups -OCH3 is 1. The minimum Gasteiger partial charge on any atom is -0.497 e. The zero-order chi connectivity index (χ0) is 13.8. The average molecular weight is 262 g/mol. The van der Waals surface area contributed by atoms with Crippen LogP contribution in [-0.4, -0.2) is 31.1 Å². The summed E-state index contributed by atoms with van der Waals surface area (Å²) in [5.74, 6) is 1.67. The summed E-state index contributed by atoms with van der Waals surface area (Å²) in [6, 6.07) is 8.73. The van der Waals surface area contributed by atoms with Crippen LogP contribution in [0.3, 0.4) is 0 Å². The van der Waals surface area contributed by atoms with Gasteiger partial charge >= 0.3 is 0 Å². The van der Waals surface area contributed by atoms with Crippen LogP contribution in [0.25, 0.3) is 0 Å². The van der Waals surface area contributed by atoms with E-state index in [0.29, 0.717) is 0 Å². The van der Waals surface area contributed by atoms with Gasteiger partial charge in [-0.1, -0.05) is 19.1 Å². The van der Waals surface area contributed by atoms with Gasteiger partial charge in [-0.15, -0.1) is 0 Å². The van der Waals surface area contributed by atoms with Gasteiger partial charge in [-0.3, -0.25) is 4.90 Å². The van der Waals surface area contributed by atoms with E-state index in [9.17, 15) is 0 Å². The summed E-state index contributed by atoms with van der Waals surface area (Å²) >= 11 is 0. The number of nitrogens with two attached hydrogens (primary N) is 1. The van der Waals surface area contributed by atoms with Crippen molar-refractivity contribution >= 4 is 0 Å². The molecule has 1 heterocycles. The molecule has 0 aromatic heterocycles. The molecule has 1 aromatic rings. The fourth-order valence-electron chi connectivity index (χ4n) is 3.15. The molecule has 0 amide bonds. The number of rotatable bonds is 4. The van der Waals surface area contributed by atoms with E-state index in [4.69, 9.17) is 10.5 Å². The maximum Gasteiger partial charge on any atom is 0.119 e. The Labute approximate surface area is 116 Å². The second kappa shape index (κ2) is 6.40. The van der Waals surface area contributed by atoms with Gasteiger partial charge in [0.2, 0.25) is 0 Å². The molecule has 3 nitrogen and oxygen atoms in total. The topological polar surface area (TPSA) is 38.5 Å². The van der Waals surface area contributed by atoms with Gasteiger partial charge in [0.05, 0.1) is 7.11 Å². The maximum atomic E-state index is 6.25. The lowest BCUT2D eigenvalue weighted by atomic mass is 9.93. The van der Waals surface area contributed by atoms with Crippen molar-refractivity contribution in [2.75, 3.05) is 20.2 Å². The van der Waals surface area contributed by atoms with Crippen molar-refractivity contribution in [1.29, 1.82) is 0 Å². The van der Waals surface area contributed by atoms with Gasteiger partial charge in [0, 0.05) is 18.6 Å². The third-order valence-corrected chi connectivity index (χ3v) is 4.02. The average Bonchev–Trinajstić information content (AvgIpc) is 2.39. The Kier molecular flexibility index (Phi) is 4.83. The van der Waals surface area contributed by atoms with Crippen LogP contribution in [0.5, 0.6) is 5.75 Å². The maximum absolute atomic E-state index is 6.25. The van der Waals surface area contributed by atoms with Crippen LogP contribution < -0.4 is 10.5 Å². The minimum atomic E-state index is 0.123. The molecule has 1 fully saturated rings. The molecule has 0 bridgehead atoms. The zero-order valence-corrected chi connectivity index (χ0v) is 12.3. The molecule has 2 rings (SSSR count). The summed E-state index contributed by atoms with van der Waals surface area (Å²) in [4.78, 5) is 2.54. The highest BCUT2D eigenvalue weighted by Gasteiger charge is 2.27. The third kappa shape index (κ3) is 3.48. The van der Waals surface area contributed by atoms with E-state index in [1.54, 1.807) is 7.11 Å². The normalized spacial score (nSPS) is 23.9. The van der Waals surface area contributed by atoms with E-state index in [0.717, 1.165) is 24.8 Å². The van der Waals surface area contributed by atoms with Crippen LogP contribution in [0.2, 0.25) is 0 Å². The van der Waals surface area contributed by atoms with Crippen LogP contribution in [0.4, 0.5) is 0 Å². The number of ether oxygens (including phenoxy) is 1. The molecule has 0 spiro atoms. The van der Waals surface area contributed by atoms with Crippen molar-refractivity contribution in [3.63, 3.8) is 0 Å². The molecular weight excluding hydrogens is 236 g/mol. The van der Waals surface area contributed by atoms with Gasteiger partial charge in [0.25, 0.3) is 0 Å². The monoisotopic (exact) mass is 262 g/mol. The van der Waals surface area contributed by atoms with Crippen LogP contribution in [-0.2, 0) is 0 Å². The number of benzene rings is 1. The second-order valence-corrected chi connectivity index (χ2v) is 5.82. The molecule has 2 N–H and O–H groups in total. The summed E-state index contributed by atoms with van der Waals surface area (Å²) in [6.07, 6.45) is 2.61. The SMILES string of the molecule is COc1cccc(C(C(C)N)N2CCCC(C)C2)c1. The lowest BCUT2D eigenvalue weighted by molar-refractivity contribution is 0.116. The van der Waals surface area contributed by atoms with E-state index in [1.165, 1.54) is 18.4 Å². The molecule has 1 aromatic carbocycles. The van der Waals surface area contributed by atoms with Crippen molar-refractivity contribution < 1.29 is 4.74 Å². The van der Waals surface area contributed by atoms with Crippen molar-refractivity contribution in [3.05, 3.63) is 29.8 Å². The van der Waals surface area contributed by atoms with Crippen molar-refractivity contribution in [3.8, 4) is 5.75 Å². The number of piperidine rings is 1. The van der Waals surface area contributed by atoms with Gasteiger partial charge in [0.15, 0.2) is 0 Å². The van der Waals surface area contributed by atoms with E-state index in [-0.39, 0.29) is 12.1 Å². The Hall–Kier alpha value is -1.06. The quantitative estimate of drug-likeness (QED) is 0.907. The highest BCUT2D eigenvalue weighted by Crippen LogP contribution is 2.30. The predicted molar refractivity (Wildman–Crippen MR) is 79.4 cm³/mol. The zero-order valence-electron chi connectivity index (χ0n) is 12.3. The number of likely N-dealkylation sites (tertiary alicyclic amines) is 1. The Bertz CT molecular complexity index is 405. The first-order chi connectivity index (χ1) is 9.11. The fraction of sp³-hybridized carbons (Fsp3) is 0.625. The lowest BCUT2D eigenvalue weighted by Gasteiger charge is -2.39. The molecule has 3 heteroatoms. The largest absolute Gasteiger partial charge is 0.497 e. The summed E-state index contributed by atoms with van der Waals surface area (Å²) in [5.41, 5.74) is 7.52. The predicted octanol–water partition coefficient (Wildman–Crippen LogP) is 2.82. The summed E-state index contributed by atoms with van der Waals surface area (Å²) in [7, 11) is 1.71. The molecule has 3 unspecified atom stereocenters. The van der Waals surface area contributed by atoms with E-state index < -0.39 is 0 Å². The lowest BCUT2D eigenvalue weighted by Crippen LogP contribution is -2.44. The molecule has 3 atom stereocenters. The van der Waals surface area contributed by atoms with E-state index in [2.05, 4.69) is 36.9 Å². The number of hydrogen-bond donors (Lipinski definition) is 1. The molecule has 0 radical (unpaired) electrons. The van der Waals surface area contributed by atoms with Crippen molar-refractivity contribution in [1.82, 2.24) is 4.90 Å². The summed E-state index contributed by atoms with van der Waals surface area (Å²) < 4.78 is 5.33. The fourth-order valence-corrected chi connectivity index (χ4v) is 3.15. The van der Waals surface area contributed by atoms with Gasteiger partial charge in [-0.2, -0.15) is 0 Å². The molecular formula is C16H26N2O. The van der Waals surface area contributed by atoms with Gasteiger partial charge in [0.1, 0.15) is 5.75 Å². The van der Waals surface area contributed by atoms with Gasteiger partial charge in [-0.05, 0) is 49.9 Å². The van der Waals surface area contributed by atoms with Crippen LogP contribution in [0, 0.1) is 5.92 Å². The van der Waals surface area contributed by atoms with Crippen LogP contribution >= 0.6 is 0 Å². The molecule has 0 saturated carbocycles. The number of nitrogens with zero attached hydrogens (tertiary/aromatic N) is 1. The Morgan fingerprint density at radius 2 is 2.21 bits per heavy atom. The minimum absolute atomic E-state index is 0.123. The molecule has 1 aliphatic heterocycles. The molecule has 1 aliphatic rings. The highest BCUT2D eigenvalue weighted by atomic mass is 16.5. The summed E-state index contributed by atoms with van der Waals surface area (Å²) in [5, 5.41) is 0. The van der Waals surface area contributed by atoms with Crippen molar-refractivity contribution in [2.45, 2.75) is 38.8 Å². The smallest absolute Gasteiger partial charge is 0.119 e. The first kappa shape index (κ1) is 14.4. The van der Waals surface area contributed by atoms with E-state index >= 15 is 0 Å². The Morgan fingerprint density at radius 3 is 2.84 bits per heavy atom. The number of hydrogen-bond acceptors (Lipinski definition) is 3. The standard InChI is InChI=1S/C16H26N2O/c1-12-6-5-9-18(11-12)16(13(2)17)14-7-4-8-15(10-14)19-3/h4,7-8,10,12-13,16H,5-6,9,11,17H2,1-3H3. The second-order valence-electron chi connectivity index (χ2n) is 5.82. The molecule has 19 heavy (non-hydrogen) atoms. The Balaban J connectivity index is 2.23. The molecule has 1 saturated heterocycles. The van der Waals surface area contributed by atoms with Crippen LogP contribution in [0.1, 0.15) is 38.3 Å². The van der Waals surface area contributed by atoms with Crippen molar-refractivity contribution in [2.24, 2.45) is 11.7 Å². The highest BCUT2D eigenvalue weighted by molar-refractivity contribution is 5.31. The van der Waals surface area contributed by atoms with E-state index in [1.807, 2.05) is 6.07 Å². The third-order valence-electron chi connectivity index (χ3n) is 4.02.